The Hall–Kier alpha value is -0.710. The lowest BCUT2D eigenvalue weighted by Crippen LogP contribution is -2.34. The lowest BCUT2D eigenvalue weighted by Gasteiger charge is -2.29. The standard InChI is InChI=1S/C15H26N4.ClH/c1-12(2)14-17-7-13(8-18-14)9-19(4)11-15(3)5-6-16-10-15;/h7-8,12,16H,5-6,9-11H2,1-4H3;1H. The van der Waals surface area contributed by atoms with Crippen molar-refractivity contribution in [3.05, 3.63) is 23.8 Å². The predicted molar refractivity (Wildman–Crippen MR) is 85.3 cm³/mol. The largest absolute Gasteiger partial charge is 0.316 e. The summed E-state index contributed by atoms with van der Waals surface area (Å²) in [6.07, 6.45) is 5.20. The van der Waals surface area contributed by atoms with Crippen molar-refractivity contribution in [2.75, 3.05) is 26.7 Å². The predicted octanol–water partition coefficient (Wildman–Crippen LogP) is 2.45. The van der Waals surface area contributed by atoms with E-state index in [0.29, 0.717) is 11.3 Å². The minimum Gasteiger partial charge on any atom is -0.316 e. The maximum Gasteiger partial charge on any atom is 0.130 e. The van der Waals surface area contributed by atoms with Gasteiger partial charge in [-0.25, -0.2) is 9.97 Å². The molecule has 114 valence electrons. The molecule has 0 aromatic carbocycles. The van der Waals surface area contributed by atoms with Crippen molar-refractivity contribution in [2.24, 2.45) is 5.41 Å². The third-order valence-corrected chi connectivity index (χ3v) is 3.80. The van der Waals surface area contributed by atoms with Crippen LogP contribution in [-0.4, -0.2) is 41.5 Å². The van der Waals surface area contributed by atoms with Gasteiger partial charge in [-0.3, -0.25) is 0 Å². The third kappa shape index (κ3) is 4.69. The van der Waals surface area contributed by atoms with Crippen LogP contribution in [0.1, 0.15) is 44.5 Å². The van der Waals surface area contributed by atoms with Gasteiger partial charge in [-0.2, -0.15) is 0 Å². The first-order valence-corrected chi connectivity index (χ1v) is 7.19. The zero-order valence-corrected chi connectivity index (χ0v) is 13.8. The molecule has 0 bridgehead atoms. The molecule has 0 aliphatic carbocycles. The van der Waals surface area contributed by atoms with E-state index in [1.54, 1.807) is 0 Å². The zero-order chi connectivity index (χ0) is 13.9. The molecule has 1 N–H and O–H groups in total. The molecule has 0 saturated carbocycles. The second-order valence-electron chi connectivity index (χ2n) is 6.51. The highest BCUT2D eigenvalue weighted by Crippen LogP contribution is 2.25. The Kier molecular flexibility index (Phi) is 6.37. The Morgan fingerprint density at radius 1 is 1.35 bits per heavy atom. The zero-order valence-electron chi connectivity index (χ0n) is 13.0. The van der Waals surface area contributed by atoms with Crippen LogP contribution in [0, 0.1) is 5.41 Å². The molecule has 20 heavy (non-hydrogen) atoms. The van der Waals surface area contributed by atoms with Gasteiger partial charge in [0.15, 0.2) is 0 Å². The second-order valence-corrected chi connectivity index (χ2v) is 6.51. The summed E-state index contributed by atoms with van der Waals surface area (Å²) in [5.74, 6) is 1.33. The van der Waals surface area contributed by atoms with Gasteiger partial charge in [0.25, 0.3) is 0 Å². The lowest BCUT2D eigenvalue weighted by molar-refractivity contribution is 0.203. The number of rotatable bonds is 5. The Balaban J connectivity index is 0.00000200. The number of hydrogen-bond donors (Lipinski definition) is 1. The quantitative estimate of drug-likeness (QED) is 0.906. The number of nitrogens with one attached hydrogen (secondary N) is 1. The number of aromatic nitrogens is 2. The molecular weight excluding hydrogens is 272 g/mol. The van der Waals surface area contributed by atoms with Crippen LogP contribution in [0.5, 0.6) is 0 Å². The number of halogens is 1. The molecule has 1 fully saturated rings. The first-order chi connectivity index (χ1) is 8.98. The van der Waals surface area contributed by atoms with Gasteiger partial charge in [0, 0.05) is 43.5 Å². The van der Waals surface area contributed by atoms with Gasteiger partial charge in [-0.05, 0) is 25.4 Å². The maximum atomic E-state index is 4.43. The smallest absolute Gasteiger partial charge is 0.130 e. The molecule has 0 spiro atoms. The van der Waals surface area contributed by atoms with Crippen LogP contribution < -0.4 is 5.32 Å². The minimum atomic E-state index is 0. The average Bonchev–Trinajstić information content (AvgIpc) is 2.76. The topological polar surface area (TPSA) is 41.1 Å². The van der Waals surface area contributed by atoms with Gasteiger partial charge in [0.1, 0.15) is 5.82 Å². The highest BCUT2D eigenvalue weighted by Gasteiger charge is 2.29. The summed E-state index contributed by atoms with van der Waals surface area (Å²) in [5.41, 5.74) is 1.61. The first-order valence-electron chi connectivity index (χ1n) is 7.19. The Morgan fingerprint density at radius 3 is 2.50 bits per heavy atom. The van der Waals surface area contributed by atoms with Crippen LogP contribution in [-0.2, 0) is 6.54 Å². The van der Waals surface area contributed by atoms with E-state index >= 15 is 0 Å². The molecule has 2 rings (SSSR count). The molecule has 1 aromatic heterocycles. The normalized spacial score (nSPS) is 22.3. The van der Waals surface area contributed by atoms with E-state index < -0.39 is 0 Å². The summed E-state index contributed by atoms with van der Waals surface area (Å²) < 4.78 is 0. The van der Waals surface area contributed by atoms with Crippen LogP contribution in [0.4, 0.5) is 0 Å². The van der Waals surface area contributed by atoms with E-state index in [1.807, 2.05) is 12.4 Å². The molecule has 1 aromatic rings. The van der Waals surface area contributed by atoms with E-state index in [-0.39, 0.29) is 12.4 Å². The average molecular weight is 299 g/mol. The molecule has 1 unspecified atom stereocenters. The van der Waals surface area contributed by atoms with Gasteiger partial charge in [-0.1, -0.05) is 20.8 Å². The van der Waals surface area contributed by atoms with Crippen LogP contribution in [0.25, 0.3) is 0 Å². The summed E-state index contributed by atoms with van der Waals surface area (Å²) in [7, 11) is 2.18. The van der Waals surface area contributed by atoms with Crippen LogP contribution in [0.3, 0.4) is 0 Å². The van der Waals surface area contributed by atoms with Gasteiger partial charge in [0.05, 0.1) is 0 Å². The fourth-order valence-corrected chi connectivity index (χ4v) is 2.77. The fourth-order valence-electron chi connectivity index (χ4n) is 2.77. The summed E-state index contributed by atoms with van der Waals surface area (Å²) in [6, 6.07) is 0. The van der Waals surface area contributed by atoms with E-state index in [4.69, 9.17) is 0 Å². The Morgan fingerprint density at radius 2 is 2.00 bits per heavy atom. The van der Waals surface area contributed by atoms with Gasteiger partial charge in [0.2, 0.25) is 0 Å². The molecule has 5 heteroatoms. The molecule has 1 atom stereocenters. The van der Waals surface area contributed by atoms with Crippen LogP contribution in [0.2, 0.25) is 0 Å². The van der Waals surface area contributed by atoms with Crippen molar-refractivity contribution in [1.82, 2.24) is 20.2 Å². The number of hydrogen-bond acceptors (Lipinski definition) is 4. The van der Waals surface area contributed by atoms with Crippen molar-refractivity contribution in [3.63, 3.8) is 0 Å². The first kappa shape index (κ1) is 17.3. The van der Waals surface area contributed by atoms with Gasteiger partial charge >= 0.3 is 0 Å². The maximum absolute atomic E-state index is 4.43. The van der Waals surface area contributed by atoms with Crippen molar-refractivity contribution in [3.8, 4) is 0 Å². The SMILES string of the molecule is CC(C)c1ncc(CN(C)CC2(C)CCNC2)cn1.Cl. The van der Waals surface area contributed by atoms with E-state index in [9.17, 15) is 0 Å². The fraction of sp³-hybridized carbons (Fsp3) is 0.733. The summed E-state index contributed by atoms with van der Waals surface area (Å²) in [4.78, 5) is 11.2. The van der Waals surface area contributed by atoms with E-state index in [2.05, 4.69) is 48.0 Å². The molecule has 0 radical (unpaired) electrons. The highest BCUT2D eigenvalue weighted by atomic mass is 35.5. The molecule has 2 heterocycles. The summed E-state index contributed by atoms with van der Waals surface area (Å²) >= 11 is 0. The highest BCUT2D eigenvalue weighted by molar-refractivity contribution is 5.85. The van der Waals surface area contributed by atoms with Gasteiger partial charge < -0.3 is 10.2 Å². The molecule has 0 amide bonds. The Labute approximate surface area is 128 Å². The molecule has 1 saturated heterocycles. The van der Waals surface area contributed by atoms with Crippen molar-refractivity contribution in [1.29, 1.82) is 0 Å². The van der Waals surface area contributed by atoms with Crippen molar-refractivity contribution >= 4 is 12.4 Å². The lowest BCUT2D eigenvalue weighted by atomic mass is 9.89. The minimum absolute atomic E-state index is 0. The summed E-state index contributed by atoms with van der Waals surface area (Å²) in [6.45, 7) is 10.9. The summed E-state index contributed by atoms with van der Waals surface area (Å²) in [5, 5.41) is 3.45. The second kappa shape index (κ2) is 7.34. The molecule has 1 aliphatic rings. The van der Waals surface area contributed by atoms with E-state index in [0.717, 1.165) is 32.0 Å². The van der Waals surface area contributed by atoms with E-state index in [1.165, 1.54) is 12.0 Å². The number of nitrogens with zero attached hydrogens (tertiary/aromatic N) is 3. The molecular formula is C15H27ClN4. The van der Waals surface area contributed by atoms with Crippen LogP contribution >= 0.6 is 12.4 Å². The molecule has 1 aliphatic heterocycles. The van der Waals surface area contributed by atoms with Crippen molar-refractivity contribution < 1.29 is 0 Å². The van der Waals surface area contributed by atoms with Crippen LogP contribution in [0.15, 0.2) is 12.4 Å². The third-order valence-electron chi connectivity index (χ3n) is 3.80. The monoisotopic (exact) mass is 298 g/mol. The molecule has 4 nitrogen and oxygen atoms in total. The van der Waals surface area contributed by atoms with Gasteiger partial charge in [-0.15, -0.1) is 12.4 Å². The van der Waals surface area contributed by atoms with Crippen molar-refractivity contribution in [2.45, 2.75) is 39.7 Å². The Bertz CT molecular complexity index is 399.